The summed E-state index contributed by atoms with van der Waals surface area (Å²) in [7, 11) is 0. The lowest BCUT2D eigenvalue weighted by Gasteiger charge is -2.06. The van der Waals surface area contributed by atoms with E-state index in [2.05, 4.69) is 5.10 Å². The fourth-order valence-corrected chi connectivity index (χ4v) is 1.00. The molecule has 0 radical (unpaired) electrons. The Labute approximate surface area is 76.2 Å². The third-order valence-corrected chi connectivity index (χ3v) is 1.55. The Hall–Kier alpha value is -1.45. The summed E-state index contributed by atoms with van der Waals surface area (Å²) in [5.41, 5.74) is 0.125. The van der Waals surface area contributed by atoms with E-state index in [1.165, 1.54) is 16.8 Å². The number of hydrogen-bond acceptors (Lipinski definition) is 3. The van der Waals surface area contributed by atoms with Gasteiger partial charge in [0.05, 0.1) is 0 Å². The Morgan fingerprint density at radius 3 is 2.77 bits per heavy atom. The molecular weight excluding hydrogens is 168 g/mol. The van der Waals surface area contributed by atoms with Crippen LogP contribution < -0.4 is 5.56 Å². The van der Waals surface area contributed by atoms with Gasteiger partial charge < -0.3 is 0 Å². The minimum Gasteiger partial charge on any atom is -0.296 e. The fraction of sp³-hybridized carbons (Fsp3) is 0.444. The molecule has 0 saturated carbocycles. The maximum absolute atomic E-state index is 11.2. The summed E-state index contributed by atoms with van der Waals surface area (Å²) in [5, 5.41) is 3.87. The first-order chi connectivity index (χ1) is 6.13. The van der Waals surface area contributed by atoms with Crippen molar-refractivity contribution >= 4 is 6.29 Å². The quantitative estimate of drug-likeness (QED) is 0.644. The van der Waals surface area contributed by atoms with E-state index in [-0.39, 0.29) is 5.56 Å². The molecule has 0 unspecified atom stereocenters. The van der Waals surface area contributed by atoms with E-state index in [4.69, 9.17) is 0 Å². The van der Waals surface area contributed by atoms with Crippen LogP contribution in [0.2, 0.25) is 0 Å². The molecule has 13 heavy (non-hydrogen) atoms. The molecule has 0 fully saturated rings. The van der Waals surface area contributed by atoms with Gasteiger partial charge in [-0.15, -0.1) is 0 Å². The molecular formula is C9H12N2O2. The van der Waals surface area contributed by atoms with Gasteiger partial charge in [-0.3, -0.25) is 9.59 Å². The van der Waals surface area contributed by atoms with E-state index in [9.17, 15) is 9.59 Å². The predicted octanol–water partition coefficient (Wildman–Crippen LogP) is 0.712. The van der Waals surface area contributed by atoms with Gasteiger partial charge in [0.1, 0.15) is 5.69 Å². The van der Waals surface area contributed by atoms with Crippen molar-refractivity contribution in [2.24, 2.45) is 5.92 Å². The summed E-state index contributed by atoms with van der Waals surface area (Å²) in [6.07, 6.45) is 0.635. The lowest BCUT2D eigenvalue weighted by Crippen LogP contribution is -2.25. The standard InChI is InChI=1S/C9H12N2O2/c1-7(2)5-11-9(13)4-3-8(6-12)10-11/h3-4,6-7H,5H2,1-2H3. The van der Waals surface area contributed by atoms with Crippen molar-refractivity contribution in [3.63, 3.8) is 0 Å². The zero-order valence-electron chi connectivity index (χ0n) is 7.73. The lowest BCUT2D eigenvalue weighted by molar-refractivity contribution is 0.111. The monoisotopic (exact) mass is 180 g/mol. The van der Waals surface area contributed by atoms with Crippen LogP contribution in [0.15, 0.2) is 16.9 Å². The van der Waals surface area contributed by atoms with Crippen molar-refractivity contribution in [1.29, 1.82) is 0 Å². The molecule has 0 bridgehead atoms. The molecule has 4 heteroatoms. The van der Waals surface area contributed by atoms with Crippen molar-refractivity contribution in [3.8, 4) is 0 Å². The average molecular weight is 180 g/mol. The summed E-state index contributed by atoms with van der Waals surface area (Å²) >= 11 is 0. The van der Waals surface area contributed by atoms with Gasteiger partial charge in [-0.1, -0.05) is 13.8 Å². The molecule has 1 heterocycles. The smallest absolute Gasteiger partial charge is 0.266 e. The first-order valence-electron chi connectivity index (χ1n) is 4.17. The van der Waals surface area contributed by atoms with E-state index in [1.807, 2.05) is 13.8 Å². The van der Waals surface area contributed by atoms with Crippen molar-refractivity contribution in [3.05, 3.63) is 28.2 Å². The third-order valence-electron chi connectivity index (χ3n) is 1.55. The van der Waals surface area contributed by atoms with Gasteiger partial charge in [0.2, 0.25) is 0 Å². The van der Waals surface area contributed by atoms with E-state index in [0.29, 0.717) is 24.4 Å². The lowest BCUT2D eigenvalue weighted by atomic mass is 10.2. The topological polar surface area (TPSA) is 52.0 Å². The number of carbonyl (C=O) groups excluding carboxylic acids is 1. The van der Waals surface area contributed by atoms with E-state index >= 15 is 0 Å². The first kappa shape index (κ1) is 9.64. The van der Waals surface area contributed by atoms with E-state index in [0.717, 1.165) is 0 Å². The van der Waals surface area contributed by atoms with Crippen molar-refractivity contribution in [1.82, 2.24) is 9.78 Å². The molecule has 1 aromatic heterocycles. The first-order valence-corrected chi connectivity index (χ1v) is 4.17. The van der Waals surface area contributed by atoms with Crippen LogP contribution in [0.3, 0.4) is 0 Å². The van der Waals surface area contributed by atoms with Crippen LogP contribution >= 0.6 is 0 Å². The summed E-state index contributed by atoms with van der Waals surface area (Å²) < 4.78 is 1.31. The van der Waals surface area contributed by atoms with E-state index < -0.39 is 0 Å². The van der Waals surface area contributed by atoms with Gasteiger partial charge in [0.15, 0.2) is 6.29 Å². The highest BCUT2D eigenvalue weighted by Gasteiger charge is 2.01. The zero-order chi connectivity index (χ0) is 9.84. The molecule has 0 saturated heterocycles. The van der Waals surface area contributed by atoms with Crippen LogP contribution in [0.5, 0.6) is 0 Å². The fourth-order valence-electron chi connectivity index (χ4n) is 1.00. The molecule has 0 aliphatic heterocycles. The minimum absolute atomic E-state index is 0.167. The maximum atomic E-state index is 11.2. The summed E-state index contributed by atoms with van der Waals surface area (Å²) in [4.78, 5) is 21.6. The maximum Gasteiger partial charge on any atom is 0.266 e. The molecule has 1 aromatic rings. The summed E-state index contributed by atoms with van der Waals surface area (Å²) in [6, 6.07) is 2.78. The molecule has 4 nitrogen and oxygen atoms in total. The molecule has 0 aromatic carbocycles. The largest absolute Gasteiger partial charge is 0.296 e. The van der Waals surface area contributed by atoms with Gasteiger partial charge in [0, 0.05) is 12.6 Å². The highest BCUT2D eigenvalue weighted by Crippen LogP contribution is 1.94. The Balaban J connectivity index is 3.04. The Kier molecular flexibility index (Phi) is 2.95. The highest BCUT2D eigenvalue weighted by molar-refractivity contribution is 5.70. The number of rotatable bonds is 3. The normalized spacial score (nSPS) is 10.4. The average Bonchev–Trinajstić information content (AvgIpc) is 2.08. The van der Waals surface area contributed by atoms with Crippen molar-refractivity contribution in [2.45, 2.75) is 20.4 Å². The minimum atomic E-state index is -0.167. The third kappa shape index (κ3) is 2.50. The Bertz CT molecular complexity index is 355. The molecule has 0 aliphatic carbocycles. The number of aromatic nitrogens is 2. The molecule has 0 aliphatic rings. The molecule has 0 atom stereocenters. The van der Waals surface area contributed by atoms with Crippen LogP contribution in [0, 0.1) is 5.92 Å². The molecule has 0 amide bonds. The molecule has 1 rings (SSSR count). The second-order valence-corrected chi connectivity index (χ2v) is 3.29. The number of carbonyl (C=O) groups is 1. The number of nitrogens with zero attached hydrogens (tertiary/aromatic N) is 2. The number of aldehydes is 1. The predicted molar refractivity (Wildman–Crippen MR) is 48.7 cm³/mol. The SMILES string of the molecule is CC(C)Cn1nc(C=O)ccc1=O. The second kappa shape index (κ2) is 3.98. The molecule has 0 N–H and O–H groups in total. The van der Waals surface area contributed by atoms with Crippen molar-refractivity contribution in [2.75, 3.05) is 0 Å². The van der Waals surface area contributed by atoms with Crippen LogP contribution in [-0.2, 0) is 6.54 Å². The van der Waals surface area contributed by atoms with E-state index in [1.54, 1.807) is 0 Å². The van der Waals surface area contributed by atoms with Crippen LogP contribution in [-0.4, -0.2) is 16.1 Å². The zero-order valence-corrected chi connectivity index (χ0v) is 7.73. The summed E-state index contributed by atoms with van der Waals surface area (Å²) in [5.74, 6) is 0.340. The van der Waals surface area contributed by atoms with Crippen LogP contribution in [0.1, 0.15) is 24.3 Å². The van der Waals surface area contributed by atoms with Gasteiger partial charge in [-0.25, -0.2) is 4.68 Å². The second-order valence-electron chi connectivity index (χ2n) is 3.29. The number of hydrogen-bond donors (Lipinski definition) is 0. The van der Waals surface area contributed by atoms with Crippen LogP contribution in [0.4, 0.5) is 0 Å². The van der Waals surface area contributed by atoms with Gasteiger partial charge in [-0.2, -0.15) is 5.10 Å². The highest BCUT2D eigenvalue weighted by atomic mass is 16.1. The van der Waals surface area contributed by atoms with Crippen molar-refractivity contribution < 1.29 is 4.79 Å². The van der Waals surface area contributed by atoms with Gasteiger partial charge in [-0.05, 0) is 12.0 Å². The summed E-state index contributed by atoms with van der Waals surface area (Å²) in [6.45, 7) is 4.52. The molecule has 0 spiro atoms. The molecule has 70 valence electrons. The van der Waals surface area contributed by atoms with Crippen LogP contribution in [0.25, 0.3) is 0 Å². The Morgan fingerprint density at radius 2 is 2.23 bits per heavy atom. The Morgan fingerprint density at radius 1 is 1.54 bits per heavy atom. The van der Waals surface area contributed by atoms with Gasteiger partial charge in [0.25, 0.3) is 5.56 Å². The van der Waals surface area contributed by atoms with Gasteiger partial charge >= 0.3 is 0 Å².